The van der Waals surface area contributed by atoms with Gasteiger partial charge in [-0.05, 0) is 63.3 Å². The molecule has 2 aliphatic rings. The number of halogens is 1. The number of nitriles is 1. The SMILES string of the molecule is Cc1cc(F)cc(C=C2CCN(C(=O)C3CCCC3)CC2)c1NC(=O)c1cnc(C)c(C#N)c1. The van der Waals surface area contributed by atoms with E-state index in [1.54, 1.807) is 13.8 Å². The highest BCUT2D eigenvalue weighted by atomic mass is 19.1. The largest absolute Gasteiger partial charge is 0.342 e. The third-order valence-corrected chi connectivity index (χ3v) is 6.82. The molecule has 2 heterocycles. The summed E-state index contributed by atoms with van der Waals surface area (Å²) in [5, 5.41) is 12.1. The molecule has 2 fully saturated rings. The first-order valence-electron chi connectivity index (χ1n) is 11.8. The lowest BCUT2D eigenvalue weighted by Gasteiger charge is -2.30. The van der Waals surface area contributed by atoms with Gasteiger partial charge in [0.15, 0.2) is 0 Å². The summed E-state index contributed by atoms with van der Waals surface area (Å²) >= 11 is 0. The van der Waals surface area contributed by atoms with Crippen LogP contribution >= 0.6 is 0 Å². The fourth-order valence-corrected chi connectivity index (χ4v) is 4.82. The van der Waals surface area contributed by atoms with E-state index in [4.69, 9.17) is 0 Å². The van der Waals surface area contributed by atoms with Gasteiger partial charge in [-0.2, -0.15) is 5.26 Å². The molecule has 0 atom stereocenters. The fourth-order valence-electron chi connectivity index (χ4n) is 4.82. The number of hydrogen-bond donors (Lipinski definition) is 1. The highest BCUT2D eigenvalue weighted by molar-refractivity contribution is 6.05. The normalized spacial score (nSPS) is 16.3. The molecule has 176 valence electrons. The third kappa shape index (κ3) is 5.17. The first kappa shape index (κ1) is 23.6. The molecule has 6 nitrogen and oxygen atoms in total. The van der Waals surface area contributed by atoms with Crippen molar-refractivity contribution in [1.82, 2.24) is 9.88 Å². The predicted octanol–water partition coefficient (Wildman–Crippen LogP) is 5.16. The van der Waals surface area contributed by atoms with Gasteiger partial charge in [0, 0.05) is 30.8 Å². The molecule has 1 N–H and O–H groups in total. The van der Waals surface area contributed by atoms with E-state index < -0.39 is 5.91 Å². The first-order chi connectivity index (χ1) is 16.4. The van der Waals surface area contributed by atoms with Gasteiger partial charge in [-0.1, -0.05) is 24.5 Å². The highest BCUT2D eigenvalue weighted by Gasteiger charge is 2.28. The van der Waals surface area contributed by atoms with Crippen molar-refractivity contribution in [2.24, 2.45) is 5.92 Å². The van der Waals surface area contributed by atoms with Crippen LogP contribution in [0.1, 0.15) is 71.3 Å². The molecule has 4 rings (SSSR count). The number of likely N-dealkylation sites (tertiary alicyclic amines) is 1. The molecule has 2 aromatic rings. The van der Waals surface area contributed by atoms with Crippen molar-refractivity contribution in [2.75, 3.05) is 18.4 Å². The van der Waals surface area contributed by atoms with E-state index in [0.29, 0.717) is 41.2 Å². The van der Waals surface area contributed by atoms with Gasteiger partial charge in [-0.15, -0.1) is 0 Å². The summed E-state index contributed by atoms with van der Waals surface area (Å²) in [5.74, 6) is -0.333. The van der Waals surface area contributed by atoms with Crippen molar-refractivity contribution >= 4 is 23.6 Å². The number of anilines is 1. The molecule has 0 spiro atoms. The van der Waals surface area contributed by atoms with Crippen LogP contribution in [0.5, 0.6) is 0 Å². The van der Waals surface area contributed by atoms with Crippen LogP contribution in [0.2, 0.25) is 0 Å². The van der Waals surface area contributed by atoms with E-state index in [1.807, 2.05) is 17.0 Å². The van der Waals surface area contributed by atoms with Gasteiger partial charge >= 0.3 is 0 Å². The number of piperidine rings is 1. The van der Waals surface area contributed by atoms with Crippen molar-refractivity contribution < 1.29 is 14.0 Å². The molecular weight excluding hydrogens is 431 g/mol. The fraction of sp³-hybridized carbons (Fsp3) is 0.407. The second kappa shape index (κ2) is 10.2. The van der Waals surface area contributed by atoms with Crippen molar-refractivity contribution in [3.05, 3.63) is 63.7 Å². The van der Waals surface area contributed by atoms with Gasteiger partial charge in [0.05, 0.1) is 22.5 Å². The van der Waals surface area contributed by atoms with E-state index in [2.05, 4.69) is 10.3 Å². The minimum Gasteiger partial charge on any atom is -0.342 e. The standard InChI is InChI=1S/C27H29FN4O2/c1-17-11-24(28)14-21(25(17)31-26(33)23-13-22(15-29)18(2)30-16-23)12-19-7-9-32(10-8-19)27(34)20-5-3-4-6-20/h11-14,16,20H,3-10H2,1-2H3,(H,31,33). The maximum Gasteiger partial charge on any atom is 0.257 e. The van der Waals surface area contributed by atoms with Crippen LogP contribution in [-0.2, 0) is 4.79 Å². The zero-order chi connectivity index (χ0) is 24.2. The quantitative estimate of drug-likeness (QED) is 0.683. The summed E-state index contributed by atoms with van der Waals surface area (Å²) in [6, 6.07) is 6.34. The minimum atomic E-state index is -0.407. The summed E-state index contributed by atoms with van der Waals surface area (Å²) in [7, 11) is 0. The number of aromatic nitrogens is 1. The molecule has 2 amide bonds. The average Bonchev–Trinajstić information content (AvgIpc) is 3.36. The molecule has 34 heavy (non-hydrogen) atoms. The minimum absolute atomic E-state index is 0.177. The van der Waals surface area contributed by atoms with Gasteiger partial charge in [0.1, 0.15) is 11.9 Å². The molecule has 1 saturated carbocycles. The van der Waals surface area contributed by atoms with E-state index in [-0.39, 0.29) is 23.2 Å². The molecule has 1 aliphatic heterocycles. The number of rotatable bonds is 4. The average molecular weight is 461 g/mol. The Kier molecular flexibility index (Phi) is 7.06. The molecule has 0 bridgehead atoms. The number of hydrogen-bond acceptors (Lipinski definition) is 4. The number of pyridine rings is 1. The zero-order valence-electron chi connectivity index (χ0n) is 19.7. The number of carbonyl (C=O) groups excluding carboxylic acids is 2. The Balaban J connectivity index is 1.52. The van der Waals surface area contributed by atoms with Crippen molar-refractivity contribution in [1.29, 1.82) is 5.26 Å². The summed E-state index contributed by atoms with van der Waals surface area (Å²) < 4.78 is 14.3. The second-order valence-corrected chi connectivity index (χ2v) is 9.22. The van der Waals surface area contributed by atoms with Crippen LogP contribution in [0.3, 0.4) is 0 Å². The van der Waals surface area contributed by atoms with Gasteiger partial charge in [-0.25, -0.2) is 4.39 Å². The van der Waals surface area contributed by atoms with Crippen LogP contribution in [0.15, 0.2) is 30.0 Å². The lowest BCUT2D eigenvalue weighted by Crippen LogP contribution is -2.39. The second-order valence-electron chi connectivity index (χ2n) is 9.22. The molecule has 1 saturated heterocycles. The number of aryl methyl sites for hydroxylation is 2. The zero-order valence-corrected chi connectivity index (χ0v) is 19.7. The Morgan fingerprint density at radius 2 is 1.88 bits per heavy atom. The van der Waals surface area contributed by atoms with Gasteiger partial charge in [-0.3, -0.25) is 14.6 Å². The molecule has 0 unspecified atom stereocenters. The molecule has 7 heteroatoms. The van der Waals surface area contributed by atoms with E-state index in [9.17, 15) is 19.2 Å². The van der Waals surface area contributed by atoms with E-state index in [0.717, 1.165) is 44.1 Å². The molecule has 0 radical (unpaired) electrons. The number of carbonyl (C=O) groups is 2. The molecule has 1 aromatic heterocycles. The van der Waals surface area contributed by atoms with Crippen LogP contribution in [0, 0.1) is 36.9 Å². The van der Waals surface area contributed by atoms with Crippen molar-refractivity contribution in [3.8, 4) is 6.07 Å². The lowest BCUT2D eigenvalue weighted by atomic mass is 9.97. The predicted molar refractivity (Wildman–Crippen MR) is 129 cm³/mol. The summed E-state index contributed by atoms with van der Waals surface area (Å²) in [5.41, 5.74) is 4.02. The maximum absolute atomic E-state index is 14.3. The molecule has 1 aromatic carbocycles. The first-order valence-corrected chi connectivity index (χ1v) is 11.8. The highest BCUT2D eigenvalue weighted by Crippen LogP contribution is 2.31. The smallest absolute Gasteiger partial charge is 0.257 e. The Morgan fingerprint density at radius 3 is 2.56 bits per heavy atom. The summed E-state index contributed by atoms with van der Waals surface area (Å²) in [4.78, 5) is 31.7. The Bertz CT molecular complexity index is 1180. The van der Waals surface area contributed by atoms with Gasteiger partial charge in [0.25, 0.3) is 5.91 Å². The Labute approximate surface area is 199 Å². The number of amides is 2. The van der Waals surface area contributed by atoms with Crippen LogP contribution < -0.4 is 5.32 Å². The van der Waals surface area contributed by atoms with Crippen LogP contribution in [0.4, 0.5) is 10.1 Å². The van der Waals surface area contributed by atoms with E-state index >= 15 is 0 Å². The summed E-state index contributed by atoms with van der Waals surface area (Å²) in [6.45, 7) is 4.80. The van der Waals surface area contributed by atoms with Crippen molar-refractivity contribution in [3.63, 3.8) is 0 Å². The number of nitrogens with zero attached hydrogens (tertiary/aromatic N) is 3. The maximum atomic E-state index is 14.3. The van der Waals surface area contributed by atoms with Gasteiger partial charge < -0.3 is 10.2 Å². The topological polar surface area (TPSA) is 86.1 Å². The number of nitrogens with one attached hydrogen (secondary N) is 1. The summed E-state index contributed by atoms with van der Waals surface area (Å²) in [6.07, 6.45) is 9.09. The molecule has 1 aliphatic carbocycles. The third-order valence-electron chi connectivity index (χ3n) is 6.82. The van der Waals surface area contributed by atoms with Crippen molar-refractivity contribution in [2.45, 2.75) is 52.4 Å². The van der Waals surface area contributed by atoms with Gasteiger partial charge in [0.2, 0.25) is 5.91 Å². The Morgan fingerprint density at radius 1 is 1.18 bits per heavy atom. The lowest BCUT2D eigenvalue weighted by molar-refractivity contribution is -0.135. The number of benzene rings is 1. The molecular formula is C27H29FN4O2. The monoisotopic (exact) mass is 460 g/mol. The van der Waals surface area contributed by atoms with E-state index in [1.165, 1.54) is 24.4 Å². The van der Waals surface area contributed by atoms with Crippen LogP contribution in [0.25, 0.3) is 6.08 Å². The Hall–Kier alpha value is -3.53. The van der Waals surface area contributed by atoms with Crippen LogP contribution in [-0.4, -0.2) is 34.8 Å².